The minimum atomic E-state index is -0.283. The Morgan fingerprint density at radius 2 is 1.79 bits per heavy atom. The molecule has 1 rings (SSSR count). The minimum Gasteiger partial charge on any atom is -0.298 e. The maximum absolute atomic E-state index is 12.7. The molecule has 0 heterocycles. The molecule has 1 aromatic rings. The highest BCUT2D eigenvalue weighted by molar-refractivity contribution is 5.82. The number of benzene rings is 1. The molecule has 0 amide bonds. The summed E-state index contributed by atoms with van der Waals surface area (Å²) < 4.78 is 12.7. The van der Waals surface area contributed by atoms with E-state index in [1.807, 2.05) is 19.0 Å². The van der Waals surface area contributed by atoms with Crippen molar-refractivity contribution < 1.29 is 9.18 Å². The second kappa shape index (κ2) is 4.33. The van der Waals surface area contributed by atoms with E-state index in [4.69, 9.17) is 0 Å². The summed E-state index contributed by atoms with van der Waals surface area (Å²) in [4.78, 5) is 13.2. The number of carbonyl (C=O) groups excluding carboxylic acids is 1. The number of nitrogens with zero attached hydrogens (tertiary/aromatic N) is 1. The number of Topliss-reactive ketones (excluding diaryl/α,β-unsaturated/α-hetero) is 1. The van der Waals surface area contributed by atoms with Gasteiger partial charge in [0.05, 0.1) is 6.04 Å². The van der Waals surface area contributed by atoms with Gasteiger partial charge in [0.15, 0.2) is 5.78 Å². The number of ketones is 1. The van der Waals surface area contributed by atoms with Gasteiger partial charge >= 0.3 is 0 Å². The molecule has 0 N–H and O–H groups in total. The molecule has 0 aliphatic heterocycles. The van der Waals surface area contributed by atoms with Gasteiger partial charge in [-0.25, -0.2) is 4.39 Å². The Morgan fingerprint density at radius 1 is 1.29 bits per heavy atom. The van der Waals surface area contributed by atoms with Gasteiger partial charge in [-0.1, -0.05) is 12.1 Å². The van der Waals surface area contributed by atoms with Crippen LogP contribution in [0.2, 0.25) is 0 Å². The molecule has 0 spiro atoms. The monoisotopic (exact) mass is 195 g/mol. The van der Waals surface area contributed by atoms with Gasteiger partial charge in [0, 0.05) is 0 Å². The molecule has 0 saturated heterocycles. The fourth-order valence-corrected chi connectivity index (χ4v) is 1.54. The number of carbonyl (C=O) groups is 1. The lowest BCUT2D eigenvalue weighted by Gasteiger charge is -2.21. The molecule has 0 aliphatic rings. The molecule has 1 aromatic carbocycles. The summed E-state index contributed by atoms with van der Waals surface area (Å²) in [6.07, 6.45) is 0. The third kappa shape index (κ3) is 2.39. The third-order valence-corrected chi connectivity index (χ3v) is 2.09. The topological polar surface area (TPSA) is 20.3 Å². The van der Waals surface area contributed by atoms with Crippen molar-refractivity contribution in [1.82, 2.24) is 4.90 Å². The molecular formula is C11H14FNO. The van der Waals surface area contributed by atoms with Crippen LogP contribution in [0.25, 0.3) is 0 Å². The van der Waals surface area contributed by atoms with Gasteiger partial charge in [-0.15, -0.1) is 0 Å². The van der Waals surface area contributed by atoms with Crippen molar-refractivity contribution in [2.24, 2.45) is 0 Å². The van der Waals surface area contributed by atoms with Crippen LogP contribution < -0.4 is 0 Å². The van der Waals surface area contributed by atoms with Gasteiger partial charge in [-0.3, -0.25) is 9.69 Å². The Kier molecular flexibility index (Phi) is 3.36. The van der Waals surface area contributed by atoms with Gasteiger partial charge in [0.2, 0.25) is 0 Å². The Labute approximate surface area is 83.3 Å². The largest absolute Gasteiger partial charge is 0.298 e. The highest BCUT2D eigenvalue weighted by Crippen LogP contribution is 2.19. The number of hydrogen-bond acceptors (Lipinski definition) is 2. The molecule has 0 aromatic heterocycles. The summed E-state index contributed by atoms with van der Waals surface area (Å²) in [7, 11) is 3.66. The highest BCUT2D eigenvalue weighted by Gasteiger charge is 2.18. The van der Waals surface area contributed by atoms with Gasteiger partial charge in [0.25, 0.3) is 0 Å². The summed E-state index contributed by atoms with van der Waals surface area (Å²) >= 11 is 0. The first-order valence-electron chi connectivity index (χ1n) is 4.44. The zero-order valence-electron chi connectivity index (χ0n) is 8.62. The average molecular weight is 195 g/mol. The van der Waals surface area contributed by atoms with Crippen molar-refractivity contribution >= 4 is 5.78 Å². The van der Waals surface area contributed by atoms with Crippen LogP contribution in [0.4, 0.5) is 4.39 Å². The molecule has 76 valence electrons. The van der Waals surface area contributed by atoms with E-state index in [0.717, 1.165) is 5.56 Å². The van der Waals surface area contributed by atoms with E-state index < -0.39 is 0 Å². The van der Waals surface area contributed by atoms with Gasteiger partial charge < -0.3 is 0 Å². The van der Waals surface area contributed by atoms with Crippen LogP contribution in [0.5, 0.6) is 0 Å². The van der Waals surface area contributed by atoms with E-state index in [2.05, 4.69) is 0 Å². The van der Waals surface area contributed by atoms with Crippen LogP contribution in [0.3, 0.4) is 0 Å². The summed E-state index contributed by atoms with van der Waals surface area (Å²) in [5.41, 5.74) is 0.823. The van der Waals surface area contributed by atoms with E-state index in [9.17, 15) is 9.18 Å². The molecule has 14 heavy (non-hydrogen) atoms. The van der Waals surface area contributed by atoms with Crippen molar-refractivity contribution in [3.8, 4) is 0 Å². The molecule has 0 unspecified atom stereocenters. The van der Waals surface area contributed by atoms with Gasteiger partial charge in [-0.05, 0) is 38.7 Å². The fourth-order valence-electron chi connectivity index (χ4n) is 1.54. The zero-order chi connectivity index (χ0) is 10.7. The second-order valence-corrected chi connectivity index (χ2v) is 3.53. The summed E-state index contributed by atoms with van der Waals surface area (Å²) in [5.74, 6) is -0.226. The van der Waals surface area contributed by atoms with E-state index in [1.54, 1.807) is 12.1 Å². The predicted molar refractivity (Wildman–Crippen MR) is 53.5 cm³/mol. The average Bonchev–Trinajstić information content (AvgIpc) is 2.07. The van der Waals surface area contributed by atoms with Gasteiger partial charge in [0.1, 0.15) is 5.82 Å². The molecule has 0 fully saturated rings. The van der Waals surface area contributed by atoms with Crippen LogP contribution in [0.1, 0.15) is 18.5 Å². The predicted octanol–water partition coefficient (Wildman–Crippen LogP) is 2.02. The molecule has 0 saturated carbocycles. The van der Waals surface area contributed by atoms with Crippen LogP contribution in [0.15, 0.2) is 24.3 Å². The zero-order valence-corrected chi connectivity index (χ0v) is 8.62. The lowest BCUT2D eigenvalue weighted by Crippen LogP contribution is -2.25. The Bertz CT molecular complexity index is 319. The first-order chi connectivity index (χ1) is 6.52. The molecule has 3 heteroatoms. The van der Waals surface area contributed by atoms with Crippen molar-refractivity contribution in [2.45, 2.75) is 13.0 Å². The number of likely N-dealkylation sites (N-methyl/N-ethyl adjacent to an activating group) is 1. The Balaban J connectivity index is 3.00. The SMILES string of the molecule is CC(=O)[C@@H](c1ccc(F)cc1)N(C)C. The maximum atomic E-state index is 12.7. The molecule has 1 atom stereocenters. The van der Waals surface area contributed by atoms with Crippen molar-refractivity contribution in [2.75, 3.05) is 14.1 Å². The smallest absolute Gasteiger partial charge is 0.151 e. The first kappa shape index (κ1) is 10.9. The fraction of sp³-hybridized carbons (Fsp3) is 0.364. The van der Waals surface area contributed by atoms with Crippen molar-refractivity contribution in [1.29, 1.82) is 0 Å². The van der Waals surface area contributed by atoms with E-state index in [1.165, 1.54) is 19.1 Å². The van der Waals surface area contributed by atoms with E-state index >= 15 is 0 Å². The maximum Gasteiger partial charge on any atom is 0.151 e. The molecular weight excluding hydrogens is 181 g/mol. The van der Waals surface area contributed by atoms with E-state index in [0.29, 0.717) is 0 Å². The lowest BCUT2D eigenvalue weighted by atomic mass is 10.0. The van der Waals surface area contributed by atoms with E-state index in [-0.39, 0.29) is 17.6 Å². The van der Waals surface area contributed by atoms with Crippen LogP contribution >= 0.6 is 0 Å². The van der Waals surface area contributed by atoms with Crippen molar-refractivity contribution in [3.63, 3.8) is 0 Å². The van der Waals surface area contributed by atoms with Crippen molar-refractivity contribution in [3.05, 3.63) is 35.6 Å². The minimum absolute atomic E-state index is 0.0570. The summed E-state index contributed by atoms with van der Waals surface area (Å²) in [6.45, 7) is 1.54. The standard InChI is InChI=1S/C11H14FNO/c1-8(14)11(13(2)3)9-4-6-10(12)7-5-9/h4-7,11H,1-3H3/t11-/m0/s1. The number of rotatable bonds is 3. The van der Waals surface area contributed by atoms with Crippen LogP contribution in [-0.4, -0.2) is 24.8 Å². The Hall–Kier alpha value is -1.22. The summed E-state index contributed by atoms with van der Waals surface area (Å²) in [6, 6.07) is 5.74. The van der Waals surface area contributed by atoms with Crippen LogP contribution in [0, 0.1) is 5.82 Å². The molecule has 0 radical (unpaired) electrons. The molecule has 0 aliphatic carbocycles. The number of hydrogen-bond donors (Lipinski definition) is 0. The number of halogens is 1. The lowest BCUT2D eigenvalue weighted by molar-refractivity contribution is -0.121. The second-order valence-electron chi connectivity index (χ2n) is 3.53. The highest BCUT2D eigenvalue weighted by atomic mass is 19.1. The summed E-state index contributed by atoms with van der Waals surface area (Å²) in [5, 5.41) is 0. The first-order valence-corrected chi connectivity index (χ1v) is 4.44. The third-order valence-electron chi connectivity index (χ3n) is 2.09. The normalized spacial score (nSPS) is 12.9. The van der Waals surface area contributed by atoms with Gasteiger partial charge in [-0.2, -0.15) is 0 Å². The quantitative estimate of drug-likeness (QED) is 0.735. The Morgan fingerprint density at radius 3 is 2.14 bits per heavy atom. The molecule has 2 nitrogen and oxygen atoms in total. The molecule has 0 bridgehead atoms. The van der Waals surface area contributed by atoms with Crippen LogP contribution in [-0.2, 0) is 4.79 Å².